The zero-order chi connectivity index (χ0) is 17.6. The van der Waals surface area contributed by atoms with Crippen LogP contribution >= 0.6 is 0 Å². The maximum atomic E-state index is 12.6. The predicted octanol–water partition coefficient (Wildman–Crippen LogP) is 1.58. The molecule has 3 rings (SSSR count). The fourth-order valence-corrected chi connectivity index (χ4v) is 3.37. The molecule has 1 atom stereocenters. The first-order valence-corrected chi connectivity index (χ1v) is 8.64. The summed E-state index contributed by atoms with van der Waals surface area (Å²) in [5.41, 5.74) is 0.936. The molecule has 25 heavy (non-hydrogen) atoms. The van der Waals surface area contributed by atoms with E-state index in [2.05, 4.69) is 20.8 Å². The summed E-state index contributed by atoms with van der Waals surface area (Å²) in [5.74, 6) is 0.507. The van der Waals surface area contributed by atoms with E-state index >= 15 is 0 Å². The Morgan fingerprint density at radius 1 is 1.24 bits per heavy atom. The summed E-state index contributed by atoms with van der Waals surface area (Å²) in [6.45, 7) is 1.71. The highest BCUT2D eigenvalue weighted by Gasteiger charge is 2.31. The van der Waals surface area contributed by atoms with Crippen LogP contribution in [0.5, 0.6) is 0 Å². The third-order valence-electron chi connectivity index (χ3n) is 4.59. The van der Waals surface area contributed by atoms with Gasteiger partial charge in [0.2, 0.25) is 11.8 Å². The Morgan fingerprint density at radius 2 is 1.96 bits per heavy atom. The SMILES string of the molecule is CC(=O)N[C@@H](C(=O)NCc1nncn1-c1ccccc1)C1CCCC1. The molecule has 1 heterocycles. The first kappa shape index (κ1) is 17.1. The number of para-hydroxylation sites is 1. The van der Waals surface area contributed by atoms with E-state index in [4.69, 9.17) is 0 Å². The monoisotopic (exact) mass is 341 g/mol. The average molecular weight is 341 g/mol. The molecule has 0 radical (unpaired) electrons. The van der Waals surface area contributed by atoms with Crippen molar-refractivity contribution in [1.29, 1.82) is 0 Å². The Morgan fingerprint density at radius 3 is 2.64 bits per heavy atom. The van der Waals surface area contributed by atoms with Gasteiger partial charge in [0.25, 0.3) is 0 Å². The first-order chi connectivity index (χ1) is 12.1. The summed E-state index contributed by atoms with van der Waals surface area (Å²) in [6, 6.07) is 9.23. The van der Waals surface area contributed by atoms with E-state index in [-0.39, 0.29) is 24.3 Å². The van der Waals surface area contributed by atoms with Crippen LogP contribution in [0.4, 0.5) is 0 Å². The standard InChI is InChI=1S/C18H23N5O2/c1-13(24)21-17(14-7-5-6-8-14)18(25)19-11-16-22-20-12-23(16)15-9-3-2-4-10-15/h2-4,9-10,12,14,17H,5-8,11H2,1H3,(H,19,25)(H,21,24)/t17-/m1/s1. The number of nitrogens with zero attached hydrogens (tertiary/aromatic N) is 3. The summed E-state index contributed by atoms with van der Waals surface area (Å²) in [6.07, 6.45) is 5.78. The van der Waals surface area contributed by atoms with E-state index in [9.17, 15) is 9.59 Å². The van der Waals surface area contributed by atoms with Crippen LogP contribution < -0.4 is 10.6 Å². The van der Waals surface area contributed by atoms with Crippen molar-refractivity contribution in [3.05, 3.63) is 42.5 Å². The van der Waals surface area contributed by atoms with Gasteiger partial charge in [0.1, 0.15) is 12.4 Å². The second-order valence-electron chi connectivity index (χ2n) is 6.39. The maximum absolute atomic E-state index is 12.6. The number of benzene rings is 1. The molecule has 7 heteroatoms. The van der Waals surface area contributed by atoms with Gasteiger partial charge >= 0.3 is 0 Å². The minimum absolute atomic E-state index is 0.162. The molecule has 2 amide bonds. The smallest absolute Gasteiger partial charge is 0.243 e. The molecule has 0 bridgehead atoms. The van der Waals surface area contributed by atoms with E-state index in [1.807, 2.05) is 34.9 Å². The molecule has 2 N–H and O–H groups in total. The highest BCUT2D eigenvalue weighted by Crippen LogP contribution is 2.28. The van der Waals surface area contributed by atoms with E-state index < -0.39 is 6.04 Å². The maximum Gasteiger partial charge on any atom is 0.243 e. The molecule has 1 aromatic carbocycles. The molecule has 1 aliphatic carbocycles. The zero-order valence-electron chi connectivity index (χ0n) is 14.3. The van der Waals surface area contributed by atoms with Crippen LogP contribution in [0.1, 0.15) is 38.4 Å². The van der Waals surface area contributed by atoms with Crippen molar-refractivity contribution in [3.63, 3.8) is 0 Å². The van der Waals surface area contributed by atoms with Crippen LogP contribution in [-0.2, 0) is 16.1 Å². The van der Waals surface area contributed by atoms with Crippen molar-refractivity contribution in [2.24, 2.45) is 5.92 Å². The van der Waals surface area contributed by atoms with Crippen molar-refractivity contribution in [2.45, 2.75) is 45.2 Å². The normalized spacial score (nSPS) is 15.7. The number of rotatable bonds is 6. The lowest BCUT2D eigenvalue weighted by atomic mass is 9.97. The van der Waals surface area contributed by atoms with Gasteiger partial charge in [-0.2, -0.15) is 0 Å². The lowest BCUT2D eigenvalue weighted by Gasteiger charge is -2.23. The number of hydrogen-bond acceptors (Lipinski definition) is 4. The summed E-state index contributed by atoms with van der Waals surface area (Å²) >= 11 is 0. The molecular weight excluding hydrogens is 318 g/mol. The minimum Gasteiger partial charge on any atom is -0.347 e. The van der Waals surface area contributed by atoms with E-state index in [0.29, 0.717) is 5.82 Å². The molecule has 0 saturated heterocycles. The molecule has 2 aromatic rings. The predicted molar refractivity (Wildman–Crippen MR) is 92.8 cm³/mol. The second-order valence-corrected chi connectivity index (χ2v) is 6.39. The summed E-state index contributed by atoms with van der Waals surface area (Å²) < 4.78 is 1.84. The molecule has 132 valence electrons. The van der Waals surface area contributed by atoms with Crippen LogP contribution in [0.2, 0.25) is 0 Å². The van der Waals surface area contributed by atoms with Gasteiger partial charge in [-0.15, -0.1) is 10.2 Å². The van der Waals surface area contributed by atoms with Gasteiger partial charge in [-0.25, -0.2) is 0 Å². The molecule has 0 spiro atoms. The average Bonchev–Trinajstić information content (AvgIpc) is 3.29. The van der Waals surface area contributed by atoms with Crippen LogP contribution in [0.15, 0.2) is 36.7 Å². The highest BCUT2D eigenvalue weighted by molar-refractivity contribution is 5.87. The van der Waals surface area contributed by atoms with E-state index in [0.717, 1.165) is 31.4 Å². The van der Waals surface area contributed by atoms with Gasteiger partial charge in [0, 0.05) is 12.6 Å². The van der Waals surface area contributed by atoms with Gasteiger partial charge in [-0.1, -0.05) is 31.0 Å². The Bertz CT molecular complexity index is 722. The number of hydrogen-bond donors (Lipinski definition) is 2. The highest BCUT2D eigenvalue weighted by atomic mass is 16.2. The summed E-state index contributed by atoms with van der Waals surface area (Å²) in [4.78, 5) is 24.1. The third-order valence-corrected chi connectivity index (χ3v) is 4.59. The molecular formula is C18H23N5O2. The van der Waals surface area contributed by atoms with Crippen molar-refractivity contribution < 1.29 is 9.59 Å². The quantitative estimate of drug-likeness (QED) is 0.835. The molecule has 1 aliphatic rings. The molecule has 0 aliphatic heterocycles. The number of nitrogens with one attached hydrogen (secondary N) is 2. The minimum atomic E-state index is -0.479. The van der Waals surface area contributed by atoms with Crippen molar-refractivity contribution >= 4 is 11.8 Å². The van der Waals surface area contributed by atoms with Crippen LogP contribution in [0.3, 0.4) is 0 Å². The fraction of sp³-hybridized carbons (Fsp3) is 0.444. The largest absolute Gasteiger partial charge is 0.347 e. The van der Waals surface area contributed by atoms with Gasteiger partial charge < -0.3 is 10.6 Å². The fourth-order valence-electron chi connectivity index (χ4n) is 3.37. The van der Waals surface area contributed by atoms with Gasteiger partial charge in [-0.05, 0) is 30.9 Å². The zero-order valence-corrected chi connectivity index (χ0v) is 14.3. The molecule has 1 saturated carbocycles. The molecule has 1 fully saturated rings. The molecule has 7 nitrogen and oxygen atoms in total. The van der Waals surface area contributed by atoms with Gasteiger partial charge in [0.15, 0.2) is 5.82 Å². The second kappa shape index (κ2) is 7.92. The van der Waals surface area contributed by atoms with Crippen LogP contribution in [0.25, 0.3) is 5.69 Å². The first-order valence-electron chi connectivity index (χ1n) is 8.64. The van der Waals surface area contributed by atoms with Crippen molar-refractivity contribution in [2.75, 3.05) is 0 Å². The summed E-state index contributed by atoms with van der Waals surface area (Å²) in [7, 11) is 0. The van der Waals surface area contributed by atoms with E-state index in [1.54, 1.807) is 6.33 Å². The molecule has 0 unspecified atom stereocenters. The Labute approximate surface area is 146 Å². The van der Waals surface area contributed by atoms with Crippen molar-refractivity contribution in [3.8, 4) is 5.69 Å². The van der Waals surface area contributed by atoms with E-state index in [1.165, 1.54) is 6.92 Å². The van der Waals surface area contributed by atoms with Crippen molar-refractivity contribution in [1.82, 2.24) is 25.4 Å². The summed E-state index contributed by atoms with van der Waals surface area (Å²) in [5, 5.41) is 13.7. The molecule has 1 aromatic heterocycles. The Balaban J connectivity index is 1.67. The lowest BCUT2D eigenvalue weighted by molar-refractivity contribution is -0.129. The number of carbonyl (C=O) groups excluding carboxylic acids is 2. The van der Waals surface area contributed by atoms with Crippen LogP contribution in [0, 0.1) is 5.92 Å². The number of amides is 2. The number of aromatic nitrogens is 3. The van der Waals surface area contributed by atoms with Gasteiger partial charge in [-0.3, -0.25) is 14.2 Å². The Hall–Kier alpha value is -2.70. The topological polar surface area (TPSA) is 88.9 Å². The van der Waals surface area contributed by atoms with Crippen LogP contribution in [-0.4, -0.2) is 32.6 Å². The third kappa shape index (κ3) is 4.23. The Kier molecular flexibility index (Phi) is 5.42. The number of carbonyl (C=O) groups is 2. The lowest BCUT2D eigenvalue weighted by Crippen LogP contribution is -2.49. The van der Waals surface area contributed by atoms with Gasteiger partial charge in [0.05, 0.1) is 6.54 Å².